The van der Waals surface area contributed by atoms with Crippen LogP contribution in [0.15, 0.2) is 24.3 Å². The second kappa shape index (κ2) is 5.17. The molecule has 0 bridgehead atoms. The predicted molar refractivity (Wildman–Crippen MR) is 78.4 cm³/mol. The lowest BCUT2D eigenvalue weighted by Crippen LogP contribution is -2.34. The molecule has 0 atom stereocenters. The molecule has 4 nitrogen and oxygen atoms in total. The molecule has 0 saturated carbocycles. The van der Waals surface area contributed by atoms with Crippen molar-refractivity contribution in [3.05, 3.63) is 24.3 Å². The zero-order chi connectivity index (χ0) is 13.2. The first-order chi connectivity index (χ1) is 9.22. The predicted octanol–water partition coefficient (Wildman–Crippen LogP) is 2.39. The molecule has 100 valence electrons. The smallest absolute Gasteiger partial charge is 0.217 e. The van der Waals surface area contributed by atoms with Gasteiger partial charge < -0.3 is 10.6 Å². The summed E-state index contributed by atoms with van der Waals surface area (Å²) in [5.74, 6) is 0.265. The van der Waals surface area contributed by atoms with Crippen LogP contribution in [0.4, 0.5) is 5.13 Å². The van der Waals surface area contributed by atoms with Gasteiger partial charge >= 0.3 is 0 Å². The molecular weight excluding hydrogens is 258 g/mol. The van der Waals surface area contributed by atoms with Gasteiger partial charge in [0, 0.05) is 19.5 Å². The molecule has 2 heterocycles. The van der Waals surface area contributed by atoms with Gasteiger partial charge in [-0.3, -0.25) is 4.79 Å². The summed E-state index contributed by atoms with van der Waals surface area (Å²) in [5.41, 5.74) is 6.33. The molecule has 0 unspecified atom stereocenters. The summed E-state index contributed by atoms with van der Waals surface area (Å²) in [4.78, 5) is 17.9. The summed E-state index contributed by atoms with van der Waals surface area (Å²) in [6.07, 6.45) is 2.57. The van der Waals surface area contributed by atoms with Gasteiger partial charge in [-0.1, -0.05) is 23.5 Å². The van der Waals surface area contributed by atoms with Crippen LogP contribution >= 0.6 is 11.3 Å². The van der Waals surface area contributed by atoms with E-state index in [1.165, 1.54) is 4.70 Å². The maximum absolute atomic E-state index is 10.9. The van der Waals surface area contributed by atoms with Gasteiger partial charge in [-0.05, 0) is 30.9 Å². The Bertz CT molecular complexity index is 554. The first kappa shape index (κ1) is 12.4. The molecule has 5 heteroatoms. The number of benzene rings is 1. The number of carbonyl (C=O) groups is 1. The monoisotopic (exact) mass is 275 g/mol. The third-order valence-corrected chi connectivity index (χ3v) is 4.75. The number of aromatic nitrogens is 1. The van der Waals surface area contributed by atoms with Crippen molar-refractivity contribution in [1.29, 1.82) is 0 Å². The van der Waals surface area contributed by atoms with Crippen LogP contribution in [-0.4, -0.2) is 24.0 Å². The number of hydrogen-bond donors (Lipinski definition) is 1. The highest BCUT2D eigenvalue weighted by Gasteiger charge is 2.22. The molecule has 1 amide bonds. The average Bonchev–Trinajstić information content (AvgIpc) is 2.82. The SMILES string of the molecule is NC(=O)CC1CCN(c2nc3ccccc3s2)CC1. The van der Waals surface area contributed by atoms with Crippen LogP contribution < -0.4 is 10.6 Å². The lowest BCUT2D eigenvalue weighted by Gasteiger charge is -2.31. The van der Waals surface area contributed by atoms with Gasteiger partial charge in [-0.25, -0.2) is 4.98 Å². The van der Waals surface area contributed by atoms with Gasteiger partial charge in [0.2, 0.25) is 5.91 Å². The number of nitrogens with zero attached hydrogens (tertiary/aromatic N) is 2. The highest BCUT2D eigenvalue weighted by molar-refractivity contribution is 7.22. The zero-order valence-electron chi connectivity index (χ0n) is 10.7. The number of primary amides is 1. The standard InChI is InChI=1S/C14H17N3OS/c15-13(18)9-10-5-7-17(8-6-10)14-16-11-3-1-2-4-12(11)19-14/h1-4,10H,5-9H2,(H2,15,18). The number of para-hydroxylation sites is 1. The third-order valence-electron chi connectivity index (χ3n) is 3.66. The van der Waals surface area contributed by atoms with Crippen molar-refractivity contribution in [2.24, 2.45) is 11.7 Å². The Morgan fingerprint density at radius 1 is 1.37 bits per heavy atom. The molecule has 0 spiro atoms. The Kier molecular flexibility index (Phi) is 3.38. The molecule has 19 heavy (non-hydrogen) atoms. The van der Waals surface area contributed by atoms with E-state index in [1.807, 2.05) is 12.1 Å². The van der Waals surface area contributed by atoms with Gasteiger partial charge in [-0.2, -0.15) is 0 Å². The molecule has 1 saturated heterocycles. The van der Waals surface area contributed by atoms with Gasteiger partial charge in [-0.15, -0.1) is 0 Å². The van der Waals surface area contributed by atoms with Crippen LogP contribution in [0, 0.1) is 5.92 Å². The van der Waals surface area contributed by atoms with Gasteiger partial charge in [0.15, 0.2) is 5.13 Å². The van der Waals surface area contributed by atoms with Crippen LogP contribution in [0.2, 0.25) is 0 Å². The number of rotatable bonds is 3. The minimum Gasteiger partial charge on any atom is -0.370 e. The highest BCUT2D eigenvalue weighted by atomic mass is 32.1. The number of amides is 1. The molecular formula is C14H17N3OS. The summed E-state index contributed by atoms with van der Waals surface area (Å²) in [5, 5.41) is 1.10. The molecule has 3 rings (SSSR count). The van der Waals surface area contributed by atoms with E-state index in [-0.39, 0.29) is 5.91 Å². The molecule has 1 aliphatic rings. The van der Waals surface area contributed by atoms with Crippen molar-refractivity contribution in [2.45, 2.75) is 19.3 Å². The van der Waals surface area contributed by atoms with Crippen LogP contribution in [-0.2, 0) is 4.79 Å². The minimum absolute atomic E-state index is 0.182. The Labute approximate surface area is 116 Å². The van der Waals surface area contributed by atoms with E-state index in [4.69, 9.17) is 5.73 Å². The molecule has 1 aliphatic heterocycles. The number of anilines is 1. The fourth-order valence-electron chi connectivity index (χ4n) is 2.61. The Morgan fingerprint density at radius 3 is 2.79 bits per heavy atom. The second-order valence-corrected chi connectivity index (χ2v) is 6.07. The van der Waals surface area contributed by atoms with Crippen molar-refractivity contribution in [2.75, 3.05) is 18.0 Å². The second-order valence-electron chi connectivity index (χ2n) is 5.07. The summed E-state index contributed by atoms with van der Waals surface area (Å²) in [6.45, 7) is 1.94. The van der Waals surface area contributed by atoms with Crippen molar-refractivity contribution < 1.29 is 4.79 Å². The maximum Gasteiger partial charge on any atom is 0.217 e. The van der Waals surface area contributed by atoms with E-state index in [2.05, 4.69) is 22.0 Å². The van der Waals surface area contributed by atoms with Crippen molar-refractivity contribution in [3.8, 4) is 0 Å². The highest BCUT2D eigenvalue weighted by Crippen LogP contribution is 2.31. The van der Waals surface area contributed by atoms with E-state index < -0.39 is 0 Å². The maximum atomic E-state index is 10.9. The third kappa shape index (κ3) is 2.71. The van der Waals surface area contributed by atoms with Crippen molar-refractivity contribution in [1.82, 2.24) is 4.98 Å². The minimum atomic E-state index is -0.182. The van der Waals surface area contributed by atoms with E-state index in [1.54, 1.807) is 11.3 Å². The van der Waals surface area contributed by atoms with Gasteiger partial charge in [0.05, 0.1) is 10.2 Å². The van der Waals surface area contributed by atoms with E-state index in [9.17, 15) is 4.79 Å². The zero-order valence-corrected chi connectivity index (χ0v) is 11.5. The number of piperidine rings is 1. The summed E-state index contributed by atoms with van der Waals surface area (Å²) < 4.78 is 1.23. The van der Waals surface area contributed by atoms with Crippen molar-refractivity contribution >= 4 is 32.6 Å². The largest absolute Gasteiger partial charge is 0.370 e. The first-order valence-electron chi connectivity index (χ1n) is 6.61. The quantitative estimate of drug-likeness (QED) is 0.935. The number of nitrogens with two attached hydrogens (primary N) is 1. The lowest BCUT2D eigenvalue weighted by atomic mass is 9.94. The Morgan fingerprint density at radius 2 is 2.11 bits per heavy atom. The van der Waals surface area contributed by atoms with Gasteiger partial charge in [0.25, 0.3) is 0 Å². The molecule has 0 aliphatic carbocycles. The number of carbonyl (C=O) groups excluding carboxylic acids is 1. The summed E-state index contributed by atoms with van der Waals surface area (Å²) >= 11 is 1.74. The molecule has 1 fully saturated rings. The normalized spacial score (nSPS) is 16.9. The fraction of sp³-hybridized carbons (Fsp3) is 0.429. The van der Waals surface area contributed by atoms with E-state index in [0.717, 1.165) is 36.6 Å². The first-order valence-corrected chi connectivity index (χ1v) is 7.43. The van der Waals surface area contributed by atoms with Crippen LogP contribution in [0.3, 0.4) is 0 Å². The Balaban J connectivity index is 1.69. The van der Waals surface area contributed by atoms with Gasteiger partial charge in [0.1, 0.15) is 0 Å². The summed E-state index contributed by atoms with van der Waals surface area (Å²) in [7, 11) is 0. The summed E-state index contributed by atoms with van der Waals surface area (Å²) in [6, 6.07) is 8.22. The number of hydrogen-bond acceptors (Lipinski definition) is 4. The van der Waals surface area contributed by atoms with Crippen molar-refractivity contribution in [3.63, 3.8) is 0 Å². The average molecular weight is 275 g/mol. The number of thiazole rings is 1. The lowest BCUT2D eigenvalue weighted by molar-refractivity contribution is -0.119. The molecule has 2 N–H and O–H groups in total. The fourth-order valence-corrected chi connectivity index (χ4v) is 3.63. The van der Waals surface area contributed by atoms with E-state index in [0.29, 0.717) is 12.3 Å². The van der Waals surface area contributed by atoms with Crippen LogP contribution in [0.5, 0.6) is 0 Å². The molecule has 0 radical (unpaired) electrons. The molecule has 2 aromatic rings. The molecule has 1 aromatic carbocycles. The topological polar surface area (TPSA) is 59.2 Å². The van der Waals surface area contributed by atoms with Crippen LogP contribution in [0.1, 0.15) is 19.3 Å². The Hall–Kier alpha value is -1.62. The number of fused-ring (bicyclic) bond motifs is 1. The van der Waals surface area contributed by atoms with Crippen LogP contribution in [0.25, 0.3) is 10.2 Å². The molecule has 1 aromatic heterocycles. The van der Waals surface area contributed by atoms with E-state index >= 15 is 0 Å².